The molecular formula is C21H39NO3S2. The van der Waals surface area contributed by atoms with Gasteiger partial charge in [0, 0.05) is 17.7 Å². The van der Waals surface area contributed by atoms with Gasteiger partial charge in [0.05, 0.1) is 16.3 Å². The first-order chi connectivity index (χ1) is 12.8. The molecule has 4 N–H and O–H groups in total. The monoisotopic (exact) mass is 417 g/mol. The zero-order valence-electron chi connectivity index (χ0n) is 17.4. The van der Waals surface area contributed by atoms with E-state index < -0.39 is 16.7 Å². The van der Waals surface area contributed by atoms with Crippen molar-refractivity contribution in [1.29, 1.82) is 0 Å². The highest BCUT2D eigenvalue weighted by molar-refractivity contribution is 8.27. The molecule has 0 aliphatic heterocycles. The zero-order valence-corrected chi connectivity index (χ0v) is 19.0. The Morgan fingerprint density at radius 3 is 2.33 bits per heavy atom. The van der Waals surface area contributed by atoms with Crippen LogP contribution in [-0.4, -0.2) is 44.1 Å². The van der Waals surface area contributed by atoms with E-state index in [-0.39, 0.29) is 10.7 Å². The number of nitrogens with one attached hydrogen (secondary N) is 1. The molecule has 4 nitrogen and oxygen atoms in total. The van der Waals surface area contributed by atoms with Crippen LogP contribution < -0.4 is 5.32 Å². The van der Waals surface area contributed by atoms with Crippen LogP contribution >= 0.6 is 22.4 Å². The number of aliphatic hydroxyl groups excluding tert-OH is 1. The van der Waals surface area contributed by atoms with E-state index in [1.54, 1.807) is 23.9 Å². The molecule has 0 aromatic rings. The van der Waals surface area contributed by atoms with E-state index in [4.69, 9.17) is 0 Å². The Morgan fingerprint density at radius 1 is 1.22 bits per heavy atom. The van der Waals surface area contributed by atoms with Crippen molar-refractivity contribution in [1.82, 2.24) is 5.32 Å². The van der Waals surface area contributed by atoms with Gasteiger partial charge in [0.1, 0.15) is 0 Å². The lowest BCUT2D eigenvalue weighted by Gasteiger charge is -2.45. The standard InChI is InChI=1S/C21H39NO3S2/c1-5-8-12-21(13-9-6-2,16-22-14-7-3)17-27(24,25)18-10-11-20(26-4)19(23)15-18/h7,10-11,14-15,19-20,22-25H,5-6,8-9,12-13,16-17H2,1-4H3/b14-7+. The van der Waals surface area contributed by atoms with Crippen LogP contribution in [-0.2, 0) is 0 Å². The van der Waals surface area contributed by atoms with E-state index in [0.717, 1.165) is 45.1 Å². The fraction of sp³-hybridized carbons (Fsp3) is 0.714. The molecule has 0 fully saturated rings. The number of unbranched alkanes of at least 4 members (excludes halogenated alkanes) is 2. The van der Waals surface area contributed by atoms with Gasteiger partial charge < -0.3 is 10.4 Å². The molecule has 0 amide bonds. The SMILES string of the molecule is C/C=C/NCC(CCCC)(CCCC)CS(O)(O)C1=CC(O)C(SC)C=C1. The van der Waals surface area contributed by atoms with E-state index in [1.807, 2.05) is 31.5 Å². The summed E-state index contributed by atoms with van der Waals surface area (Å²) >= 11 is 1.56. The number of thioether (sulfide) groups is 1. The summed E-state index contributed by atoms with van der Waals surface area (Å²) in [5, 5.41) is 13.6. The first kappa shape index (κ1) is 24.6. The topological polar surface area (TPSA) is 72.7 Å². The van der Waals surface area contributed by atoms with Crippen molar-refractivity contribution < 1.29 is 14.2 Å². The van der Waals surface area contributed by atoms with E-state index in [9.17, 15) is 14.2 Å². The van der Waals surface area contributed by atoms with Crippen molar-refractivity contribution in [2.75, 3.05) is 18.6 Å². The number of aliphatic hydroxyl groups is 1. The van der Waals surface area contributed by atoms with Gasteiger partial charge in [-0.25, -0.2) is 0 Å². The highest BCUT2D eigenvalue weighted by Crippen LogP contribution is 2.55. The van der Waals surface area contributed by atoms with Gasteiger partial charge in [-0.2, -0.15) is 22.4 Å². The van der Waals surface area contributed by atoms with Gasteiger partial charge in [0.25, 0.3) is 0 Å². The zero-order chi connectivity index (χ0) is 20.3. The summed E-state index contributed by atoms with van der Waals surface area (Å²) in [6.45, 7) is 7.06. The fourth-order valence-electron chi connectivity index (χ4n) is 3.56. The predicted molar refractivity (Wildman–Crippen MR) is 123 cm³/mol. The number of hydrogen-bond donors (Lipinski definition) is 4. The lowest BCUT2D eigenvalue weighted by Crippen LogP contribution is -2.38. The van der Waals surface area contributed by atoms with Crippen LogP contribution in [0.2, 0.25) is 0 Å². The average Bonchev–Trinajstić information content (AvgIpc) is 2.64. The van der Waals surface area contributed by atoms with Gasteiger partial charge in [-0.15, -0.1) is 0 Å². The Labute approximate surface area is 171 Å². The number of rotatable bonds is 13. The molecule has 0 spiro atoms. The highest BCUT2D eigenvalue weighted by atomic mass is 32.3. The molecule has 1 aliphatic rings. The second-order valence-corrected chi connectivity index (χ2v) is 10.6. The third kappa shape index (κ3) is 7.86. The summed E-state index contributed by atoms with van der Waals surface area (Å²) in [4.78, 5) is 0.490. The normalized spacial score (nSPS) is 21.5. The van der Waals surface area contributed by atoms with Gasteiger partial charge in [-0.1, -0.05) is 51.7 Å². The Bertz CT molecular complexity index is 510. The third-order valence-corrected chi connectivity index (χ3v) is 8.18. The summed E-state index contributed by atoms with van der Waals surface area (Å²) in [6, 6.07) is 0. The van der Waals surface area contributed by atoms with E-state index in [1.165, 1.54) is 0 Å². The average molecular weight is 418 g/mol. The molecule has 0 radical (unpaired) electrons. The second kappa shape index (κ2) is 12.2. The molecule has 0 saturated carbocycles. The van der Waals surface area contributed by atoms with Gasteiger partial charge in [-0.05, 0) is 44.4 Å². The van der Waals surface area contributed by atoms with Crippen LogP contribution in [0.15, 0.2) is 35.4 Å². The molecule has 2 unspecified atom stereocenters. The smallest absolute Gasteiger partial charge is 0.0895 e. The van der Waals surface area contributed by atoms with Crippen LogP contribution in [0.25, 0.3) is 0 Å². The summed E-state index contributed by atoms with van der Waals surface area (Å²) in [5.41, 5.74) is -0.166. The Hall–Kier alpha value is -0.400. The molecule has 6 heteroatoms. The van der Waals surface area contributed by atoms with Crippen LogP contribution in [0.3, 0.4) is 0 Å². The third-order valence-electron chi connectivity index (χ3n) is 5.16. The lowest BCUT2D eigenvalue weighted by atomic mass is 9.80. The minimum Gasteiger partial charge on any atom is -0.391 e. The minimum atomic E-state index is -2.96. The molecule has 1 rings (SSSR count). The molecular weight excluding hydrogens is 378 g/mol. The van der Waals surface area contributed by atoms with Crippen molar-refractivity contribution in [2.24, 2.45) is 5.41 Å². The molecule has 0 aromatic heterocycles. The molecule has 158 valence electrons. The van der Waals surface area contributed by atoms with Crippen molar-refractivity contribution in [3.8, 4) is 0 Å². The Balaban J connectivity index is 3.06. The van der Waals surface area contributed by atoms with Crippen LogP contribution in [0.5, 0.6) is 0 Å². The first-order valence-corrected chi connectivity index (χ1v) is 13.1. The van der Waals surface area contributed by atoms with E-state index >= 15 is 0 Å². The fourth-order valence-corrected chi connectivity index (χ4v) is 6.22. The quantitative estimate of drug-likeness (QED) is 0.306. The predicted octanol–water partition coefficient (Wildman–Crippen LogP) is 5.77. The van der Waals surface area contributed by atoms with Crippen molar-refractivity contribution >= 4 is 22.4 Å². The maximum atomic E-state index is 11.1. The van der Waals surface area contributed by atoms with Gasteiger partial charge in [0.2, 0.25) is 0 Å². The van der Waals surface area contributed by atoms with Gasteiger partial charge >= 0.3 is 0 Å². The van der Waals surface area contributed by atoms with Gasteiger partial charge in [0.15, 0.2) is 0 Å². The molecule has 27 heavy (non-hydrogen) atoms. The summed E-state index contributed by atoms with van der Waals surface area (Å²) in [6.07, 6.45) is 16.8. The number of hydrogen-bond acceptors (Lipinski definition) is 5. The minimum absolute atomic E-state index is 0.0229. The van der Waals surface area contributed by atoms with Crippen LogP contribution in [0.1, 0.15) is 59.3 Å². The largest absolute Gasteiger partial charge is 0.391 e. The van der Waals surface area contributed by atoms with Crippen molar-refractivity contribution in [3.63, 3.8) is 0 Å². The molecule has 0 saturated heterocycles. The molecule has 0 aromatic carbocycles. The molecule has 0 bridgehead atoms. The van der Waals surface area contributed by atoms with E-state index in [2.05, 4.69) is 19.2 Å². The maximum absolute atomic E-state index is 11.1. The summed E-state index contributed by atoms with van der Waals surface area (Å²) in [7, 11) is -2.96. The van der Waals surface area contributed by atoms with Crippen LogP contribution in [0.4, 0.5) is 0 Å². The Morgan fingerprint density at radius 2 is 1.85 bits per heavy atom. The van der Waals surface area contributed by atoms with Gasteiger partial charge in [-0.3, -0.25) is 9.11 Å². The molecule has 2 atom stereocenters. The second-order valence-electron chi connectivity index (χ2n) is 7.52. The lowest BCUT2D eigenvalue weighted by molar-refractivity contribution is 0.229. The highest BCUT2D eigenvalue weighted by Gasteiger charge is 2.36. The number of allylic oxidation sites excluding steroid dienone is 2. The Kier molecular flexibility index (Phi) is 11.2. The van der Waals surface area contributed by atoms with Crippen molar-refractivity contribution in [2.45, 2.75) is 70.7 Å². The molecule has 0 heterocycles. The van der Waals surface area contributed by atoms with Crippen LogP contribution in [0, 0.1) is 5.41 Å². The summed E-state index contributed by atoms with van der Waals surface area (Å²) < 4.78 is 22.1. The summed E-state index contributed by atoms with van der Waals surface area (Å²) in [5.74, 6) is 0.345. The van der Waals surface area contributed by atoms with E-state index in [0.29, 0.717) is 10.7 Å². The first-order valence-electron chi connectivity index (χ1n) is 10.1. The van der Waals surface area contributed by atoms with Crippen molar-refractivity contribution in [3.05, 3.63) is 35.4 Å². The molecule has 1 aliphatic carbocycles. The maximum Gasteiger partial charge on any atom is 0.0895 e.